The lowest BCUT2D eigenvalue weighted by Gasteiger charge is -2.22. The summed E-state index contributed by atoms with van der Waals surface area (Å²) in [6.07, 6.45) is 0. The number of hydrogen-bond acceptors (Lipinski definition) is 2. The molecule has 0 radical (unpaired) electrons. The molecule has 2 nitrogen and oxygen atoms in total. The van der Waals surface area contributed by atoms with E-state index >= 15 is 0 Å². The first-order valence-electron chi connectivity index (χ1n) is 34.0. The lowest BCUT2D eigenvalue weighted by Crippen LogP contribution is -1.99. The maximum Gasteiger partial charge on any atom is 0.143 e. The van der Waals surface area contributed by atoms with Crippen molar-refractivity contribution >= 4 is 21.5 Å². The van der Waals surface area contributed by atoms with Gasteiger partial charge in [0.05, 0.1) is 0 Å². The standard InChI is InChI=1S/C33H36O.C18H22O.2C14H16.C12H18/c1-20(2)27-18-31(29-11-9-21(3)14-25(29)7)33(34-28-16-23(5)13-24(6)17-28)32(19-27)30-12-10-22(4)15-26(30)8;1-12(2)16-6-8-17(9-7-16)19-18-14(4)10-13(3)11-15(18)5;2*1-10(2)12-6-7-13-8-11(3)4-5-14(13)9-12;1-8(2)12-6-9(3)11(5)10(4)7-12/h9-20H,1-8H3;6-12H,1-5H3;2*4-10H,1-3H3;6-8H,1-5H3. The summed E-state index contributed by atoms with van der Waals surface area (Å²) in [5.41, 5.74) is 29.7. The lowest BCUT2D eigenvalue weighted by molar-refractivity contribution is 0.474. The van der Waals surface area contributed by atoms with Crippen LogP contribution in [-0.4, -0.2) is 0 Å². The molecule has 0 N–H and O–H groups in total. The van der Waals surface area contributed by atoms with Crippen LogP contribution < -0.4 is 9.47 Å². The second-order valence-corrected chi connectivity index (χ2v) is 28.2. The molecule has 0 fully saturated rings. The average molecular weight is 1230 g/mol. The van der Waals surface area contributed by atoms with E-state index in [1.807, 2.05) is 12.1 Å². The van der Waals surface area contributed by atoms with E-state index in [-0.39, 0.29) is 0 Å². The summed E-state index contributed by atoms with van der Waals surface area (Å²) in [6, 6.07) is 68.5. The maximum atomic E-state index is 6.82. The molecule has 0 aromatic heterocycles. The average Bonchev–Trinajstić information content (AvgIpc) is 0.774. The van der Waals surface area contributed by atoms with Gasteiger partial charge in [-0.15, -0.1) is 0 Å². The SMILES string of the molecule is Cc1cc(C(C)C)cc(C)c1C.Cc1cc(C)c(Oc2ccc(C(C)C)cc2)c(C)c1.Cc1cc(C)cc(Oc2c(-c3ccc(C)cc3C)cc(C(C)C)cc2-c2ccc(C)cc2C)c1.Cc1ccc2cc(C(C)C)ccc2c1.Cc1ccc2cc(C(C)C)ccc2c1. The Morgan fingerprint density at radius 3 is 0.925 bits per heavy atom. The lowest BCUT2D eigenvalue weighted by atomic mass is 9.87. The Morgan fingerprint density at radius 2 is 0.527 bits per heavy atom. The van der Waals surface area contributed by atoms with Gasteiger partial charge in [0.1, 0.15) is 23.0 Å². The fourth-order valence-electron chi connectivity index (χ4n) is 12.1. The largest absolute Gasteiger partial charge is 0.457 e. The molecule has 0 atom stereocenters. The van der Waals surface area contributed by atoms with Crippen molar-refractivity contribution in [1.82, 2.24) is 0 Å². The second kappa shape index (κ2) is 32.4. The van der Waals surface area contributed by atoms with Crippen molar-refractivity contribution in [1.29, 1.82) is 0 Å². The molecule has 484 valence electrons. The van der Waals surface area contributed by atoms with E-state index in [1.165, 1.54) is 138 Å². The maximum absolute atomic E-state index is 6.82. The van der Waals surface area contributed by atoms with Crippen LogP contribution >= 0.6 is 0 Å². The van der Waals surface area contributed by atoms with Crippen molar-refractivity contribution in [2.45, 2.75) is 196 Å². The highest BCUT2D eigenvalue weighted by atomic mass is 16.5. The van der Waals surface area contributed by atoms with E-state index in [9.17, 15) is 0 Å². The molecule has 11 rings (SSSR count). The highest BCUT2D eigenvalue weighted by Gasteiger charge is 2.21. The van der Waals surface area contributed by atoms with Gasteiger partial charge in [-0.05, 0) is 273 Å². The zero-order chi connectivity index (χ0) is 68.1. The molecule has 11 aromatic carbocycles. The molecule has 2 heteroatoms. The third-order valence-electron chi connectivity index (χ3n) is 17.9. The molecule has 0 spiro atoms. The normalized spacial score (nSPS) is 11.1. The van der Waals surface area contributed by atoms with Gasteiger partial charge in [0, 0.05) is 11.1 Å². The van der Waals surface area contributed by atoms with Crippen LogP contribution in [0.5, 0.6) is 23.0 Å². The quantitative estimate of drug-likeness (QED) is 0.128. The van der Waals surface area contributed by atoms with Gasteiger partial charge in [-0.1, -0.05) is 249 Å². The summed E-state index contributed by atoms with van der Waals surface area (Å²) in [5.74, 6) is 6.51. The van der Waals surface area contributed by atoms with E-state index in [1.54, 1.807) is 0 Å². The summed E-state index contributed by atoms with van der Waals surface area (Å²) in [4.78, 5) is 0. The Labute approximate surface area is 562 Å². The molecule has 0 aliphatic carbocycles. The van der Waals surface area contributed by atoms with Crippen molar-refractivity contribution in [2.75, 3.05) is 0 Å². The van der Waals surface area contributed by atoms with Crippen molar-refractivity contribution in [2.24, 2.45) is 0 Å². The van der Waals surface area contributed by atoms with Gasteiger partial charge >= 0.3 is 0 Å². The van der Waals surface area contributed by atoms with Gasteiger partial charge in [-0.3, -0.25) is 0 Å². The second-order valence-electron chi connectivity index (χ2n) is 28.2. The monoisotopic (exact) mass is 1230 g/mol. The molecular formula is C91H108O2. The van der Waals surface area contributed by atoms with Crippen molar-refractivity contribution in [3.8, 4) is 45.3 Å². The van der Waals surface area contributed by atoms with Crippen LogP contribution in [0, 0.1) is 96.9 Å². The minimum Gasteiger partial charge on any atom is -0.457 e. The molecular weight excluding hydrogens is 1120 g/mol. The topological polar surface area (TPSA) is 18.5 Å². The summed E-state index contributed by atoms with van der Waals surface area (Å²) >= 11 is 0. The predicted molar refractivity (Wildman–Crippen MR) is 408 cm³/mol. The molecule has 93 heavy (non-hydrogen) atoms. The minimum atomic E-state index is 0.407. The summed E-state index contributed by atoms with van der Waals surface area (Å²) < 4.78 is 12.8. The zero-order valence-electron chi connectivity index (χ0n) is 61.1. The van der Waals surface area contributed by atoms with Crippen molar-refractivity contribution in [3.63, 3.8) is 0 Å². The van der Waals surface area contributed by atoms with E-state index in [2.05, 4.69) is 342 Å². The van der Waals surface area contributed by atoms with Crippen LogP contribution in [0.2, 0.25) is 0 Å². The van der Waals surface area contributed by atoms with E-state index < -0.39 is 0 Å². The third-order valence-corrected chi connectivity index (χ3v) is 17.9. The summed E-state index contributed by atoms with van der Waals surface area (Å²) in [5, 5.41) is 5.38. The summed E-state index contributed by atoms with van der Waals surface area (Å²) in [7, 11) is 0. The van der Waals surface area contributed by atoms with Crippen LogP contribution in [0.25, 0.3) is 43.8 Å². The minimum absolute atomic E-state index is 0.407. The first kappa shape index (κ1) is 72.0. The number of ether oxygens (including phenoxy) is 2. The number of aryl methyl sites for hydroxylation is 13. The van der Waals surface area contributed by atoms with Crippen LogP contribution in [0.3, 0.4) is 0 Å². The number of hydrogen-bond donors (Lipinski definition) is 0. The fourth-order valence-corrected chi connectivity index (χ4v) is 12.1. The Bertz CT molecular complexity index is 4100. The van der Waals surface area contributed by atoms with E-state index in [0.717, 1.165) is 34.1 Å². The van der Waals surface area contributed by atoms with Crippen molar-refractivity contribution in [3.05, 3.63) is 294 Å². The molecule has 0 saturated carbocycles. The Hall–Kier alpha value is -8.46. The Morgan fingerprint density at radius 1 is 0.204 bits per heavy atom. The van der Waals surface area contributed by atoms with Gasteiger partial charge in [-0.2, -0.15) is 0 Å². The molecule has 11 aromatic rings. The number of fused-ring (bicyclic) bond motifs is 2. The highest BCUT2D eigenvalue weighted by Crippen LogP contribution is 2.46. The Balaban J connectivity index is 0.000000176. The molecule has 0 aliphatic rings. The molecule has 0 heterocycles. The first-order valence-corrected chi connectivity index (χ1v) is 34.0. The van der Waals surface area contributed by atoms with E-state index in [4.69, 9.17) is 9.47 Å². The van der Waals surface area contributed by atoms with Gasteiger partial charge in [0.2, 0.25) is 0 Å². The first-order chi connectivity index (χ1) is 43.9. The van der Waals surface area contributed by atoms with E-state index in [0.29, 0.717) is 29.6 Å². The van der Waals surface area contributed by atoms with Crippen molar-refractivity contribution < 1.29 is 9.47 Å². The molecule has 0 saturated heterocycles. The van der Waals surface area contributed by atoms with Gasteiger partial charge in [0.25, 0.3) is 0 Å². The molecule has 0 unspecified atom stereocenters. The third kappa shape index (κ3) is 19.8. The van der Waals surface area contributed by atoms with Crippen LogP contribution in [0.4, 0.5) is 0 Å². The Kier molecular flexibility index (Phi) is 25.1. The predicted octanol–water partition coefficient (Wildman–Crippen LogP) is 27.6. The van der Waals surface area contributed by atoms with Crippen LogP contribution in [0.15, 0.2) is 188 Å². The molecule has 0 amide bonds. The van der Waals surface area contributed by atoms with Gasteiger partial charge in [0.15, 0.2) is 0 Å². The molecule has 0 bridgehead atoms. The molecule has 0 aliphatic heterocycles. The number of benzene rings is 11. The van der Waals surface area contributed by atoms with Gasteiger partial charge in [-0.25, -0.2) is 0 Å². The smallest absolute Gasteiger partial charge is 0.143 e. The summed E-state index contributed by atoms with van der Waals surface area (Å²) in [6.45, 7) is 52.4. The van der Waals surface area contributed by atoms with Gasteiger partial charge < -0.3 is 9.47 Å². The highest BCUT2D eigenvalue weighted by molar-refractivity contribution is 5.87. The zero-order valence-corrected chi connectivity index (χ0v) is 61.1. The van der Waals surface area contributed by atoms with Crippen LogP contribution in [0.1, 0.15) is 205 Å². The number of rotatable bonds is 11. The van der Waals surface area contributed by atoms with Crippen LogP contribution in [-0.2, 0) is 0 Å². The fraction of sp³-hybridized carbons (Fsp3) is 0.319.